The lowest BCUT2D eigenvalue weighted by Gasteiger charge is -2.05. The second-order valence-electron chi connectivity index (χ2n) is 5.23. The lowest BCUT2D eigenvalue weighted by Crippen LogP contribution is -2.06. The molecule has 0 amide bonds. The van der Waals surface area contributed by atoms with Crippen molar-refractivity contribution in [1.29, 1.82) is 0 Å². The van der Waals surface area contributed by atoms with Gasteiger partial charge in [-0.1, -0.05) is 35.9 Å². The number of benzene rings is 1. The van der Waals surface area contributed by atoms with E-state index in [0.717, 1.165) is 23.5 Å². The summed E-state index contributed by atoms with van der Waals surface area (Å²) in [6.07, 6.45) is 0.827. The minimum Gasteiger partial charge on any atom is -0.325 e. The molecule has 3 rings (SSSR count). The molecule has 0 aliphatic carbocycles. The number of aryl methyl sites for hydroxylation is 2. The van der Waals surface area contributed by atoms with E-state index in [1.807, 2.05) is 12.1 Å². The van der Waals surface area contributed by atoms with Crippen LogP contribution in [0.5, 0.6) is 0 Å². The molecule has 0 saturated carbocycles. The van der Waals surface area contributed by atoms with Crippen molar-refractivity contribution in [3.8, 4) is 0 Å². The molecule has 2 heterocycles. The third-order valence-electron chi connectivity index (χ3n) is 3.70. The van der Waals surface area contributed by atoms with Gasteiger partial charge in [-0.15, -0.1) is 0 Å². The van der Waals surface area contributed by atoms with Crippen LogP contribution in [-0.2, 0) is 13.0 Å². The molecule has 0 atom stereocenters. The number of nitrogens with two attached hydrogens (primary N) is 1. The lowest BCUT2D eigenvalue weighted by molar-refractivity contribution is 0.906. The number of fused-ring (bicyclic) bond motifs is 1. The Hall–Kier alpha value is -2.13. The standard InChI is InChI=1S/C17H19N3/c1-12-6-8-14(9-7-12)10-15-16(11-18)20-13(2)4-3-5-17(20)19-15/h3-9H,10-11,18H2,1-2H3. The second-order valence-corrected chi connectivity index (χ2v) is 5.23. The molecule has 0 aliphatic rings. The molecule has 0 unspecified atom stereocenters. The van der Waals surface area contributed by atoms with E-state index in [9.17, 15) is 0 Å². The van der Waals surface area contributed by atoms with Gasteiger partial charge < -0.3 is 5.73 Å². The van der Waals surface area contributed by atoms with Crippen molar-refractivity contribution in [1.82, 2.24) is 9.38 Å². The van der Waals surface area contributed by atoms with Crippen molar-refractivity contribution in [2.24, 2.45) is 5.73 Å². The van der Waals surface area contributed by atoms with E-state index in [1.165, 1.54) is 16.8 Å². The zero-order valence-corrected chi connectivity index (χ0v) is 11.9. The summed E-state index contributed by atoms with van der Waals surface area (Å²) in [5.74, 6) is 0. The summed E-state index contributed by atoms with van der Waals surface area (Å²) < 4.78 is 2.16. The summed E-state index contributed by atoms with van der Waals surface area (Å²) in [5.41, 5.74) is 12.8. The van der Waals surface area contributed by atoms with Crippen LogP contribution in [0.1, 0.15) is 28.2 Å². The van der Waals surface area contributed by atoms with Gasteiger partial charge in [-0.3, -0.25) is 4.40 Å². The van der Waals surface area contributed by atoms with Crippen LogP contribution in [0.4, 0.5) is 0 Å². The number of pyridine rings is 1. The Bertz CT molecular complexity index is 739. The van der Waals surface area contributed by atoms with Crippen LogP contribution in [0.15, 0.2) is 42.5 Å². The molecule has 102 valence electrons. The number of nitrogens with zero attached hydrogens (tertiary/aromatic N) is 2. The van der Waals surface area contributed by atoms with Gasteiger partial charge in [0.2, 0.25) is 0 Å². The van der Waals surface area contributed by atoms with Crippen molar-refractivity contribution in [2.75, 3.05) is 0 Å². The van der Waals surface area contributed by atoms with Crippen LogP contribution in [0.3, 0.4) is 0 Å². The first kappa shape index (κ1) is 12.9. The highest BCUT2D eigenvalue weighted by molar-refractivity contribution is 5.46. The molecule has 2 aromatic heterocycles. The van der Waals surface area contributed by atoms with Crippen molar-refractivity contribution in [3.05, 3.63) is 70.7 Å². The van der Waals surface area contributed by atoms with Gasteiger partial charge in [0.25, 0.3) is 0 Å². The maximum absolute atomic E-state index is 5.95. The maximum atomic E-state index is 5.95. The first-order valence-electron chi connectivity index (χ1n) is 6.90. The average Bonchev–Trinajstić information content (AvgIpc) is 2.80. The van der Waals surface area contributed by atoms with Crippen LogP contribution in [0.2, 0.25) is 0 Å². The minimum absolute atomic E-state index is 0.507. The zero-order valence-electron chi connectivity index (χ0n) is 11.9. The van der Waals surface area contributed by atoms with Gasteiger partial charge in [-0.25, -0.2) is 4.98 Å². The Morgan fingerprint density at radius 1 is 1.05 bits per heavy atom. The van der Waals surface area contributed by atoms with Crippen LogP contribution in [0.25, 0.3) is 5.65 Å². The zero-order chi connectivity index (χ0) is 14.1. The molecule has 0 saturated heterocycles. The molecule has 0 radical (unpaired) electrons. The molecule has 3 aromatic rings. The Kier molecular flexibility index (Phi) is 3.28. The number of hydrogen-bond acceptors (Lipinski definition) is 2. The molecule has 3 heteroatoms. The Balaban J connectivity index is 2.07. The predicted octanol–water partition coefficient (Wildman–Crippen LogP) is 3.00. The largest absolute Gasteiger partial charge is 0.325 e. The summed E-state index contributed by atoms with van der Waals surface area (Å²) in [6, 6.07) is 14.7. The SMILES string of the molecule is Cc1ccc(Cc2nc3cccc(C)n3c2CN)cc1. The van der Waals surface area contributed by atoms with Crippen LogP contribution < -0.4 is 5.73 Å². The molecule has 0 aliphatic heterocycles. The molecule has 0 bridgehead atoms. The summed E-state index contributed by atoms with van der Waals surface area (Å²) in [5, 5.41) is 0. The molecule has 0 fully saturated rings. The molecular weight excluding hydrogens is 246 g/mol. The molecular formula is C17H19N3. The lowest BCUT2D eigenvalue weighted by atomic mass is 10.1. The highest BCUT2D eigenvalue weighted by atomic mass is 15.0. The van der Waals surface area contributed by atoms with Crippen molar-refractivity contribution >= 4 is 5.65 Å². The Morgan fingerprint density at radius 2 is 1.80 bits per heavy atom. The molecule has 0 spiro atoms. The van der Waals surface area contributed by atoms with Gasteiger partial charge >= 0.3 is 0 Å². The highest BCUT2D eigenvalue weighted by Crippen LogP contribution is 2.18. The fraction of sp³-hybridized carbons (Fsp3) is 0.235. The quantitative estimate of drug-likeness (QED) is 0.791. The topological polar surface area (TPSA) is 43.3 Å². The van der Waals surface area contributed by atoms with Gasteiger partial charge in [0.05, 0.1) is 11.4 Å². The fourth-order valence-electron chi connectivity index (χ4n) is 2.62. The van der Waals surface area contributed by atoms with Gasteiger partial charge in [0.1, 0.15) is 5.65 Å². The first-order chi connectivity index (χ1) is 9.69. The van der Waals surface area contributed by atoms with Crippen LogP contribution in [0, 0.1) is 13.8 Å². The number of hydrogen-bond donors (Lipinski definition) is 1. The predicted molar refractivity (Wildman–Crippen MR) is 81.8 cm³/mol. The third-order valence-corrected chi connectivity index (χ3v) is 3.70. The van der Waals surface area contributed by atoms with E-state index >= 15 is 0 Å². The summed E-state index contributed by atoms with van der Waals surface area (Å²) in [7, 11) is 0. The fourth-order valence-corrected chi connectivity index (χ4v) is 2.62. The average molecular weight is 265 g/mol. The van der Waals surface area contributed by atoms with Gasteiger partial charge in [-0.2, -0.15) is 0 Å². The smallest absolute Gasteiger partial charge is 0.137 e. The normalized spacial score (nSPS) is 11.2. The van der Waals surface area contributed by atoms with Gasteiger partial charge in [0, 0.05) is 18.7 Å². The van der Waals surface area contributed by atoms with Crippen molar-refractivity contribution < 1.29 is 0 Å². The van der Waals surface area contributed by atoms with Crippen molar-refractivity contribution in [3.63, 3.8) is 0 Å². The molecule has 20 heavy (non-hydrogen) atoms. The van der Waals surface area contributed by atoms with E-state index < -0.39 is 0 Å². The highest BCUT2D eigenvalue weighted by Gasteiger charge is 2.12. The van der Waals surface area contributed by atoms with E-state index in [1.54, 1.807) is 0 Å². The molecule has 1 aromatic carbocycles. The Morgan fingerprint density at radius 3 is 2.50 bits per heavy atom. The summed E-state index contributed by atoms with van der Waals surface area (Å²) in [6.45, 7) is 4.69. The Labute approximate surface area is 119 Å². The van der Waals surface area contributed by atoms with Crippen molar-refractivity contribution in [2.45, 2.75) is 26.8 Å². The van der Waals surface area contributed by atoms with Crippen LogP contribution >= 0.6 is 0 Å². The summed E-state index contributed by atoms with van der Waals surface area (Å²) in [4.78, 5) is 4.75. The second kappa shape index (κ2) is 5.10. The van der Waals surface area contributed by atoms with E-state index in [2.05, 4.69) is 48.6 Å². The van der Waals surface area contributed by atoms with E-state index in [0.29, 0.717) is 6.54 Å². The number of rotatable bonds is 3. The van der Waals surface area contributed by atoms with E-state index in [-0.39, 0.29) is 0 Å². The third kappa shape index (κ3) is 2.21. The van der Waals surface area contributed by atoms with Crippen LogP contribution in [-0.4, -0.2) is 9.38 Å². The maximum Gasteiger partial charge on any atom is 0.137 e. The molecule has 2 N–H and O–H groups in total. The first-order valence-corrected chi connectivity index (χ1v) is 6.90. The van der Waals surface area contributed by atoms with E-state index in [4.69, 9.17) is 10.7 Å². The minimum atomic E-state index is 0.507. The van der Waals surface area contributed by atoms with Gasteiger partial charge in [-0.05, 0) is 31.5 Å². The summed E-state index contributed by atoms with van der Waals surface area (Å²) >= 11 is 0. The molecule has 3 nitrogen and oxygen atoms in total. The number of imidazole rings is 1. The van der Waals surface area contributed by atoms with Gasteiger partial charge in [0.15, 0.2) is 0 Å². The monoisotopic (exact) mass is 265 g/mol. The number of aromatic nitrogens is 2.